The molecule has 0 spiro atoms. The zero-order chi connectivity index (χ0) is 17.3. The summed E-state index contributed by atoms with van der Waals surface area (Å²) >= 11 is 2.14. The molecule has 1 saturated heterocycles. The van der Waals surface area contributed by atoms with Gasteiger partial charge in [0.1, 0.15) is 11.4 Å². The van der Waals surface area contributed by atoms with Crippen molar-refractivity contribution in [1.29, 1.82) is 0 Å². The van der Waals surface area contributed by atoms with Crippen LogP contribution in [0.15, 0.2) is 54.1 Å². The predicted octanol–water partition coefficient (Wildman–Crippen LogP) is 3.10. The van der Waals surface area contributed by atoms with Gasteiger partial charge in [-0.2, -0.15) is 0 Å². The van der Waals surface area contributed by atoms with Gasteiger partial charge in [-0.15, -0.1) is 0 Å². The molecule has 0 aliphatic carbocycles. The molecule has 0 unspecified atom stereocenters. The summed E-state index contributed by atoms with van der Waals surface area (Å²) in [7, 11) is 0. The number of carbonyl (C=O) groups excluding carboxylic acids is 3. The summed E-state index contributed by atoms with van der Waals surface area (Å²) in [6, 6.07) is 11.2. The minimum absolute atomic E-state index is 0.167. The van der Waals surface area contributed by atoms with Crippen LogP contribution >= 0.6 is 22.6 Å². The summed E-state index contributed by atoms with van der Waals surface area (Å²) < 4.78 is 14.0. The van der Waals surface area contributed by atoms with Crippen molar-refractivity contribution in [3.8, 4) is 0 Å². The average molecular weight is 436 g/mol. The lowest BCUT2D eigenvalue weighted by Crippen LogP contribution is -2.54. The van der Waals surface area contributed by atoms with E-state index in [1.807, 2.05) is 12.1 Å². The number of carbonyl (C=O) groups is 3. The Morgan fingerprint density at radius 3 is 2.21 bits per heavy atom. The number of nitrogens with zero attached hydrogens (tertiary/aromatic N) is 1. The first-order chi connectivity index (χ1) is 11.5. The van der Waals surface area contributed by atoms with Crippen molar-refractivity contribution in [2.24, 2.45) is 0 Å². The van der Waals surface area contributed by atoms with E-state index < -0.39 is 23.7 Å². The third-order valence-corrected chi connectivity index (χ3v) is 4.09. The highest BCUT2D eigenvalue weighted by Crippen LogP contribution is 2.22. The van der Waals surface area contributed by atoms with Crippen LogP contribution < -0.4 is 10.2 Å². The van der Waals surface area contributed by atoms with E-state index in [1.165, 1.54) is 18.2 Å². The van der Waals surface area contributed by atoms with Crippen molar-refractivity contribution >= 4 is 52.2 Å². The summed E-state index contributed by atoms with van der Waals surface area (Å²) in [6.07, 6.45) is 1.41. The second-order valence-electron chi connectivity index (χ2n) is 4.99. The summed E-state index contributed by atoms with van der Waals surface area (Å²) in [6.45, 7) is 0. The van der Waals surface area contributed by atoms with E-state index in [0.29, 0.717) is 5.56 Å². The minimum atomic E-state index is -0.864. The number of halogens is 2. The average Bonchev–Trinajstić information content (AvgIpc) is 2.55. The van der Waals surface area contributed by atoms with Gasteiger partial charge in [0.15, 0.2) is 0 Å². The number of hydrogen-bond acceptors (Lipinski definition) is 3. The molecule has 1 N–H and O–H groups in total. The monoisotopic (exact) mass is 436 g/mol. The zero-order valence-corrected chi connectivity index (χ0v) is 14.3. The summed E-state index contributed by atoms with van der Waals surface area (Å²) in [5.74, 6) is -2.01. The highest BCUT2D eigenvalue weighted by Gasteiger charge is 2.36. The third-order valence-electron chi connectivity index (χ3n) is 3.37. The summed E-state index contributed by atoms with van der Waals surface area (Å²) in [5, 5.41) is 2.12. The number of hydrogen-bond donors (Lipinski definition) is 1. The first-order valence-corrected chi connectivity index (χ1v) is 7.96. The van der Waals surface area contributed by atoms with Gasteiger partial charge >= 0.3 is 6.03 Å². The van der Waals surface area contributed by atoms with Crippen LogP contribution in [-0.4, -0.2) is 17.8 Å². The topological polar surface area (TPSA) is 66.5 Å². The molecular weight excluding hydrogens is 426 g/mol. The van der Waals surface area contributed by atoms with E-state index in [2.05, 4.69) is 27.9 Å². The van der Waals surface area contributed by atoms with Crippen molar-refractivity contribution in [2.45, 2.75) is 0 Å². The van der Waals surface area contributed by atoms with Gasteiger partial charge in [-0.25, -0.2) is 14.1 Å². The van der Waals surface area contributed by atoms with E-state index in [9.17, 15) is 18.8 Å². The Morgan fingerprint density at radius 1 is 0.958 bits per heavy atom. The largest absolute Gasteiger partial charge is 0.335 e. The van der Waals surface area contributed by atoms with Gasteiger partial charge in [-0.3, -0.25) is 14.9 Å². The van der Waals surface area contributed by atoms with E-state index in [0.717, 1.165) is 20.6 Å². The van der Waals surface area contributed by atoms with Crippen LogP contribution in [0.2, 0.25) is 0 Å². The lowest BCUT2D eigenvalue weighted by molar-refractivity contribution is -0.122. The Bertz CT molecular complexity index is 860. The Kier molecular flexibility index (Phi) is 4.43. The van der Waals surface area contributed by atoms with Gasteiger partial charge in [0, 0.05) is 3.57 Å². The molecule has 3 rings (SSSR count). The van der Waals surface area contributed by atoms with Crippen LogP contribution in [0.4, 0.5) is 14.9 Å². The molecule has 5 nitrogen and oxygen atoms in total. The molecule has 0 saturated carbocycles. The molecule has 2 aromatic rings. The highest BCUT2D eigenvalue weighted by atomic mass is 127. The molecule has 0 atom stereocenters. The van der Waals surface area contributed by atoms with Gasteiger partial charge in [0.2, 0.25) is 0 Å². The van der Waals surface area contributed by atoms with Gasteiger partial charge in [0.05, 0.1) is 5.69 Å². The smallest absolute Gasteiger partial charge is 0.273 e. The Hall–Kier alpha value is -2.55. The molecule has 120 valence electrons. The first-order valence-electron chi connectivity index (χ1n) is 6.88. The normalized spacial score (nSPS) is 16.5. The van der Waals surface area contributed by atoms with Crippen LogP contribution in [0.5, 0.6) is 0 Å². The number of rotatable bonds is 2. The van der Waals surface area contributed by atoms with Crippen LogP contribution in [0, 0.1) is 9.39 Å². The molecule has 4 amide bonds. The lowest BCUT2D eigenvalue weighted by Gasteiger charge is -2.26. The first kappa shape index (κ1) is 16.3. The maximum absolute atomic E-state index is 13.0. The molecule has 0 aromatic heterocycles. The number of barbiturate groups is 1. The van der Waals surface area contributed by atoms with Crippen LogP contribution in [0.25, 0.3) is 6.08 Å². The molecule has 1 aliphatic rings. The zero-order valence-electron chi connectivity index (χ0n) is 12.1. The van der Waals surface area contributed by atoms with Crippen molar-refractivity contribution < 1.29 is 18.8 Å². The fraction of sp³-hybridized carbons (Fsp3) is 0. The van der Waals surface area contributed by atoms with Crippen LogP contribution in [0.3, 0.4) is 0 Å². The highest BCUT2D eigenvalue weighted by molar-refractivity contribution is 14.1. The molecule has 0 radical (unpaired) electrons. The van der Waals surface area contributed by atoms with E-state index >= 15 is 0 Å². The Morgan fingerprint density at radius 2 is 1.58 bits per heavy atom. The maximum Gasteiger partial charge on any atom is 0.335 e. The molecular formula is C17H10FIN2O3. The van der Waals surface area contributed by atoms with Gasteiger partial charge in [0.25, 0.3) is 11.8 Å². The molecule has 1 heterocycles. The second kappa shape index (κ2) is 6.52. The number of benzene rings is 2. The number of amides is 4. The van der Waals surface area contributed by atoms with Crippen molar-refractivity contribution in [2.75, 3.05) is 4.90 Å². The SMILES string of the molecule is O=C1NC(=O)N(c2ccc(F)cc2)C(=O)/C1=C/c1ccc(I)cc1. The van der Waals surface area contributed by atoms with E-state index in [1.54, 1.807) is 12.1 Å². The number of imide groups is 2. The summed E-state index contributed by atoms with van der Waals surface area (Å²) in [4.78, 5) is 37.4. The number of urea groups is 1. The van der Waals surface area contributed by atoms with Crippen molar-refractivity contribution in [3.63, 3.8) is 0 Å². The molecule has 24 heavy (non-hydrogen) atoms. The van der Waals surface area contributed by atoms with E-state index in [4.69, 9.17) is 0 Å². The van der Waals surface area contributed by atoms with Gasteiger partial charge in [-0.1, -0.05) is 12.1 Å². The van der Waals surface area contributed by atoms with Gasteiger partial charge < -0.3 is 0 Å². The van der Waals surface area contributed by atoms with E-state index in [-0.39, 0.29) is 11.3 Å². The van der Waals surface area contributed by atoms with Crippen LogP contribution in [-0.2, 0) is 9.59 Å². The quantitative estimate of drug-likeness (QED) is 0.447. The molecule has 7 heteroatoms. The van der Waals surface area contributed by atoms with Gasteiger partial charge in [-0.05, 0) is 70.6 Å². The molecule has 2 aromatic carbocycles. The fourth-order valence-electron chi connectivity index (χ4n) is 2.21. The molecule has 0 bridgehead atoms. The number of nitrogens with one attached hydrogen (secondary N) is 1. The third kappa shape index (κ3) is 3.21. The molecule has 1 fully saturated rings. The molecule has 1 aliphatic heterocycles. The Balaban J connectivity index is 1.99. The second-order valence-corrected chi connectivity index (χ2v) is 6.23. The number of anilines is 1. The standard InChI is InChI=1S/C17H10FIN2O3/c18-11-3-7-13(8-4-11)21-16(23)14(15(22)20-17(21)24)9-10-1-5-12(19)6-2-10/h1-9H,(H,20,22,24)/b14-9+. The van der Waals surface area contributed by atoms with Crippen LogP contribution in [0.1, 0.15) is 5.56 Å². The summed E-state index contributed by atoms with van der Waals surface area (Å²) in [5.41, 5.74) is 0.669. The Labute approximate surface area is 150 Å². The van der Waals surface area contributed by atoms with Crippen molar-refractivity contribution in [1.82, 2.24) is 5.32 Å². The maximum atomic E-state index is 13.0. The van der Waals surface area contributed by atoms with Crippen molar-refractivity contribution in [3.05, 3.63) is 69.1 Å². The lowest BCUT2D eigenvalue weighted by atomic mass is 10.1. The predicted molar refractivity (Wildman–Crippen MR) is 94.6 cm³/mol. The fourth-order valence-corrected chi connectivity index (χ4v) is 2.57. The minimum Gasteiger partial charge on any atom is -0.273 e.